The first-order chi connectivity index (χ1) is 7.29. The second kappa shape index (κ2) is 4.62. The number of pyridine rings is 1. The zero-order valence-corrected chi connectivity index (χ0v) is 9.49. The van der Waals surface area contributed by atoms with Crippen LogP contribution in [0.25, 0.3) is 0 Å². The Labute approximate surface area is 91.1 Å². The van der Waals surface area contributed by atoms with Gasteiger partial charge in [0, 0.05) is 18.8 Å². The standard InChI is InChI=1S/C12H18N2O/c1-3-12-10(2)7-11(8-13-12)15-9-14-5-4-6-14/h7-8H,3-6,9H2,1-2H3. The Bertz CT molecular complexity index is 334. The van der Waals surface area contributed by atoms with E-state index in [4.69, 9.17) is 4.74 Å². The third kappa shape index (κ3) is 2.48. The second-order valence-electron chi connectivity index (χ2n) is 4.03. The molecule has 0 spiro atoms. The van der Waals surface area contributed by atoms with Crippen molar-refractivity contribution in [1.29, 1.82) is 0 Å². The molecule has 2 heterocycles. The molecule has 0 saturated carbocycles. The Morgan fingerprint density at radius 2 is 2.27 bits per heavy atom. The van der Waals surface area contributed by atoms with Gasteiger partial charge in [-0.25, -0.2) is 0 Å². The first-order valence-electron chi connectivity index (χ1n) is 5.60. The number of aryl methyl sites for hydroxylation is 2. The molecule has 3 nitrogen and oxygen atoms in total. The van der Waals surface area contributed by atoms with Crippen LogP contribution in [0.3, 0.4) is 0 Å². The third-order valence-electron chi connectivity index (χ3n) is 2.86. The molecule has 0 aliphatic carbocycles. The molecule has 0 atom stereocenters. The fourth-order valence-electron chi connectivity index (χ4n) is 1.70. The third-order valence-corrected chi connectivity index (χ3v) is 2.86. The first kappa shape index (κ1) is 10.4. The van der Waals surface area contributed by atoms with E-state index in [0.717, 1.165) is 17.9 Å². The molecule has 1 aliphatic heterocycles. The first-order valence-corrected chi connectivity index (χ1v) is 5.60. The van der Waals surface area contributed by atoms with Crippen LogP contribution in [0.1, 0.15) is 24.6 Å². The van der Waals surface area contributed by atoms with Crippen LogP contribution in [0.4, 0.5) is 0 Å². The minimum Gasteiger partial charge on any atom is -0.477 e. The van der Waals surface area contributed by atoms with Gasteiger partial charge in [0.2, 0.25) is 0 Å². The van der Waals surface area contributed by atoms with Gasteiger partial charge < -0.3 is 4.74 Å². The minimum atomic E-state index is 0.701. The molecular weight excluding hydrogens is 188 g/mol. The van der Waals surface area contributed by atoms with Crippen molar-refractivity contribution in [3.63, 3.8) is 0 Å². The topological polar surface area (TPSA) is 25.4 Å². The zero-order valence-electron chi connectivity index (χ0n) is 9.49. The molecule has 1 aromatic rings. The summed E-state index contributed by atoms with van der Waals surface area (Å²) < 4.78 is 5.65. The van der Waals surface area contributed by atoms with Gasteiger partial charge in [-0.3, -0.25) is 9.88 Å². The van der Waals surface area contributed by atoms with E-state index in [1.807, 2.05) is 6.20 Å². The van der Waals surface area contributed by atoms with Gasteiger partial charge in [0.05, 0.1) is 6.20 Å². The molecule has 0 radical (unpaired) electrons. The molecule has 0 bridgehead atoms. The monoisotopic (exact) mass is 206 g/mol. The van der Waals surface area contributed by atoms with Crippen LogP contribution in [0.15, 0.2) is 12.3 Å². The Kier molecular flexibility index (Phi) is 3.21. The maximum atomic E-state index is 5.65. The van der Waals surface area contributed by atoms with E-state index in [1.54, 1.807) is 0 Å². The quantitative estimate of drug-likeness (QED) is 0.753. The summed E-state index contributed by atoms with van der Waals surface area (Å²) in [6.45, 7) is 7.24. The summed E-state index contributed by atoms with van der Waals surface area (Å²) in [5.41, 5.74) is 2.38. The van der Waals surface area contributed by atoms with Crippen molar-refractivity contribution >= 4 is 0 Å². The van der Waals surface area contributed by atoms with Gasteiger partial charge in [0.25, 0.3) is 0 Å². The molecule has 15 heavy (non-hydrogen) atoms. The molecule has 1 aromatic heterocycles. The maximum Gasteiger partial charge on any atom is 0.142 e. The molecule has 1 fully saturated rings. The molecule has 0 unspecified atom stereocenters. The van der Waals surface area contributed by atoms with E-state index in [0.29, 0.717) is 6.73 Å². The van der Waals surface area contributed by atoms with Crippen LogP contribution in [0.2, 0.25) is 0 Å². The van der Waals surface area contributed by atoms with Crippen LogP contribution in [0, 0.1) is 6.92 Å². The Hall–Kier alpha value is -1.09. The highest BCUT2D eigenvalue weighted by Gasteiger charge is 2.13. The second-order valence-corrected chi connectivity index (χ2v) is 4.03. The van der Waals surface area contributed by atoms with Crippen molar-refractivity contribution in [3.8, 4) is 5.75 Å². The molecule has 0 N–H and O–H groups in total. The number of aromatic nitrogens is 1. The summed E-state index contributed by atoms with van der Waals surface area (Å²) in [4.78, 5) is 6.66. The molecule has 3 heteroatoms. The molecule has 2 rings (SSSR count). The highest BCUT2D eigenvalue weighted by molar-refractivity contribution is 5.28. The van der Waals surface area contributed by atoms with Crippen molar-refractivity contribution in [2.24, 2.45) is 0 Å². The Balaban J connectivity index is 1.93. The fraction of sp³-hybridized carbons (Fsp3) is 0.583. The van der Waals surface area contributed by atoms with E-state index < -0.39 is 0 Å². The zero-order chi connectivity index (χ0) is 10.7. The summed E-state index contributed by atoms with van der Waals surface area (Å²) >= 11 is 0. The highest BCUT2D eigenvalue weighted by Crippen LogP contribution is 2.16. The van der Waals surface area contributed by atoms with Crippen LogP contribution in [0.5, 0.6) is 5.75 Å². The summed E-state index contributed by atoms with van der Waals surface area (Å²) in [6, 6.07) is 2.08. The average Bonchev–Trinajstić information content (AvgIpc) is 2.16. The van der Waals surface area contributed by atoms with Crippen molar-refractivity contribution in [1.82, 2.24) is 9.88 Å². The molecule has 0 aromatic carbocycles. The Morgan fingerprint density at radius 1 is 1.47 bits per heavy atom. The highest BCUT2D eigenvalue weighted by atomic mass is 16.5. The van der Waals surface area contributed by atoms with E-state index in [1.165, 1.54) is 25.1 Å². The number of rotatable bonds is 4. The van der Waals surface area contributed by atoms with Crippen molar-refractivity contribution < 1.29 is 4.74 Å². The van der Waals surface area contributed by atoms with E-state index in [-0.39, 0.29) is 0 Å². The normalized spacial score (nSPS) is 16.1. The lowest BCUT2D eigenvalue weighted by Gasteiger charge is -2.30. The van der Waals surface area contributed by atoms with Gasteiger partial charge >= 0.3 is 0 Å². The van der Waals surface area contributed by atoms with E-state index in [9.17, 15) is 0 Å². The van der Waals surface area contributed by atoms with Gasteiger partial charge in [-0.1, -0.05) is 6.92 Å². The number of ether oxygens (including phenoxy) is 1. The number of nitrogens with zero attached hydrogens (tertiary/aromatic N) is 2. The van der Waals surface area contributed by atoms with Gasteiger partial charge in [0.15, 0.2) is 0 Å². The lowest BCUT2D eigenvalue weighted by molar-refractivity contribution is 0.0728. The largest absolute Gasteiger partial charge is 0.477 e. The average molecular weight is 206 g/mol. The van der Waals surface area contributed by atoms with Crippen molar-refractivity contribution in [2.75, 3.05) is 19.8 Å². The van der Waals surface area contributed by atoms with Crippen molar-refractivity contribution in [3.05, 3.63) is 23.5 Å². The summed E-state index contributed by atoms with van der Waals surface area (Å²) in [7, 11) is 0. The molecular formula is C12H18N2O. The minimum absolute atomic E-state index is 0.701. The van der Waals surface area contributed by atoms with E-state index in [2.05, 4.69) is 29.8 Å². The van der Waals surface area contributed by atoms with Gasteiger partial charge in [-0.2, -0.15) is 0 Å². The smallest absolute Gasteiger partial charge is 0.142 e. The molecule has 82 valence electrons. The number of hydrogen-bond donors (Lipinski definition) is 0. The van der Waals surface area contributed by atoms with E-state index >= 15 is 0 Å². The van der Waals surface area contributed by atoms with Crippen LogP contribution in [-0.4, -0.2) is 29.7 Å². The van der Waals surface area contributed by atoms with Crippen LogP contribution in [-0.2, 0) is 6.42 Å². The van der Waals surface area contributed by atoms with Gasteiger partial charge in [-0.05, 0) is 31.4 Å². The van der Waals surface area contributed by atoms with Gasteiger partial charge in [-0.15, -0.1) is 0 Å². The van der Waals surface area contributed by atoms with Crippen LogP contribution < -0.4 is 4.74 Å². The summed E-state index contributed by atoms with van der Waals surface area (Å²) in [5.74, 6) is 0.886. The Morgan fingerprint density at radius 3 is 2.80 bits per heavy atom. The molecule has 0 amide bonds. The lowest BCUT2D eigenvalue weighted by atomic mass is 10.2. The maximum absolute atomic E-state index is 5.65. The number of likely N-dealkylation sites (tertiary alicyclic amines) is 1. The number of hydrogen-bond acceptors (Lipinski definition) is 3. The SMILES string of the molecule is CCc1ncc(OCN2CCC2)cc1C. The summed E-state index contributed by atoms with van der Waals surface area (Å²) in [6.07, 6.45) is 4.11. The predicted molar refractivity (Wildman–Crippen MR) is 60.0 cm³/mol. The van der Waals surface area contributed by atoms with Crippen LogP contribution >= 0.6 is 0 Å². The predicted octanol–water partition coefficient (Wildman–Crippen LogP) is 1.99. The van der Waals surface area contributed by atoms with Gasteiger partial charge in [0.1, 0.15) is 12.5 Å². The summed E-state index contributed by atoms with van der Waals surface area (Å²) in [5, 5.41) is 0. The lowest BCUT2D eigenvalue weighted by Crippen LogP contribution is -2.39. The fourth-order valence-corrected chi connectivity index (χ4v) is 1.70. The molecule has 1 saturated heterocycles. The molecule has 1 aliphatic rings. The van der Waals surface area contributed by atoms with Crippen molar-refractivity contribution in [2.45, 2.75) is 26.7 Å².